The summed E-state index contributed by atoms with van der Waals surface area (Å²) < 4.78 is 0. The summed E-state index contributed by atoms with van der Waals surface area (Å²) in [6, 6.07) is 0. The molecule has 0 radical (unpaired) electrons. The quantitative estimate of drug-likeness (QED) is 0.350. The van der Waals surface area contributed by atoms with Gasteiger partial charge in [-0.05, 0) is 36.0 Å². The first-order chi connectivity index (χ1) is 9.08. The smallest absolute Gasteiger partial charge is 0.0246 e. The minimum Gasteiger partial charge on any atom is -0.255 e. The molecule has 2 aliphatic rings. The first kappa shape index (κ1) is 17.0. The lowest BCUT2D eigenvalue weighted by Crippen LogP contribution is -2.41. The molecule has 0 aromatic rings. The fraction of sp³-hybridized carbons (Fsp3) is 1.00. The molecular weight excluding hydrogens is 236 g/mol. The highest BCUT2D eigenvalue weighted by atomic mass is 17.0. The minimum atomic E-state index is 0.619. The maximum absolute atomic E-state index is 6.00. The van der Waals surface area contributed by atoms with Crippen LogP contribution in [0.2, 0.25) is 0 Å². The van der Waals surface area contributed by atoms with Crippen LogP contribution in [0.1, 0.15) is 91.4 Å². The van der Waals surface area contributed by atoms with E-state index < -0.39 is 0 Å². The van der Waals surface area contributed by atoms with E-state index in [9.17, 15) is 0 Å². The summed E-state index contributed by atoms with van der Waals surface area (Å²) in [7, 11) is 0. The lowest BCUT2D eigenvalue weighted by atomic mass is 9.55. The maximum atomic E-state index is 6.00. The lowest BCUT2D eigenvalue weighted by Gasteiger charge is -2.50. The molecule has 2 aliphatic carbocycles. The Kier molecular flexibility index (Phi) is 6.82. The van der Waals surface area contributed by atoms with Crippen molar-refractivity contribution in [3.63, 3.8) is 0 Å². The van der Waals surface area contributed by atoms with Crippen molar-refractivity contribution >= 4 is 0 Å². The van der Waals surface area contributed by atoms with Gasteiger partial charge in [0.15, 0.2) is 0 Å². The van der Waals surface area contributed by atoms with Crippen LogP contribution in [0.25, 0.3) is 0 Å². The van der Waals surface area contributed by atoms with E-state index in [1.54, 1.807) is 0 Å². The van der Waals surface area contributed by atoms with Crippen molar-refractivity contribution in [2.45, 2.75) is 91.4 Å². The van der Waals surface area contributed by atoms with Gasteiger partial charge in [-0.2, -0.15) is 0 Å². The largest absolute Gasteiger partial charge is 0.255 e. The highest BCUT2D eigenvalue weighted by Crippen LogP contribution is 2.57. The van der Waals surface area contributed by atoms with E-state index in [2.05, 4.69) is 20.8 Å². The molecule has 2 fully saturated rings. The van der Waals surface area contributed by atoms with E-state index in [0.29, 0.717) is 10.8 Å². The molecule has 2 rings (SSSR count). The van der Waals surface area contributed by atoms with E-state index in [4.69, 9.17) is 10.5 Å². The minimum absolute atomic E-state index is 0.619. The van der Waals surface area contributed by atoms with Crippen molar-refractivity contribution in [3.05, 3.63) is 0 Å². The number of hydrogen-bond donors (Lipinski definition) is 2. The van der Waals surface area contributed by atoms with Gasteiger partial charge in [-0.25, -0.2) is 0 Å². The van der Waals surface area contributed by atoms with Crippen LogP contribution in [0.4, 0.5) is 0 Å². The molecule has 0 spiro atoms. The molecule has 2 atom stereocenters. The molecule has 0 heterocycles. The summed E-state index contributed by atoms with van der Waals surface area (Å²) in [4.78, 5) is 0. The van der Waals surface area contributed by atoms with Crippen LogP contribution in [0.5, 0.6) is 0 Å². The van der Waals surface area contributed by atoms with Gasteiger partial charge in [0.25, 0.3) is 0 Å². The third-order valence-corrected chi connectivity index (χ3v) is 6.51. The normalized spacial score (nSPS) is 35.5. The van der Waals surface area contributed by atoms with E-state index in [0.717, 1.165) is 5.92 Å². The average Bonchev–Trinajstić information content (AvgIpc) is 2.74. The fourth-order valence-corrected chi connectivity index (χ4v) is 4.66. The molecule has 2 heteroatoms. The molecule has 0 saturated heterocycles. The first-order valence-corrected chi connectivity index (χ1v) is 8.28. The molecule has 114 valence electrons. The Morgan fingerprint density at radius 3 is 1.79 bits per heavy atom. The van der Waals surface area contributed by atoms with Crippen molar-refractivity contribution in [2.24, 2.45) is 16.7 Å². The van der Waals surface area contributed by atoms with Gasteiger partial charge in [-0.15, -0.1) is 0 Å². The maximum Gasteiger partial charge on any atom is -0.0246 e. The van der Waals surface area contributed by atoms with Gasteiger partial charge in [-0.1, -0.05) is 72.1 Å². The Hall–Kier alpha value is -0.0800. The molecule has 0 aromatic heterocycles. The highest BCUT2D eigenvalue weighted by Gasteiger charge is 2.47. The Morgan fingerprint density at radius 1 is 0.737 bits per heavy atom. The Bertz CT molecular complexity index is 244. The Labute approximate surface area is 119 Å². The zero-order chi connectivity index (χ0) is 14.4. The van der Waals surface area contributed by atoms with Crippen molar-refractivity contribution in [1.29, 1.82) is 0 Å². The summed E-state index contributed by atoms with van der Waals surface area (Å²) in [6.45, 7) is 7.80. The van der Waals surface area contributed by atoms with Crippen LogP contribution in [0.15, 0.2) is 0 Å². The highest BCUT2D eigenvalue weighted by molar-refractivity contribution is 4.97. The fourth-order valence-electron chi connectivity index (χ4n) is 4.66. The van der Waals surface area contributed by atoms with Crippen LogP contribution >= 0.6 is 0 Å². The summed E-state index contributed by atoms with van der Waals surface area (Å²) in [5.41, 5.74) is 1.25. The molecule has 0 aromatic carbocycles. The summed E-state index contributed by atoms with van der Waals surface area (Å²) in [5.74, 6) is 0.938. The molecule has 19 heavy (non-hydrogen) atoms. The van der Waals surface area contributed by atoms with Gasteiger partial charge < -0.3 is 0 Å². The summed E-state index contributed by atoms with van der Waals surface area (Å²) in [5, 5.41) is 12.0. The topological polar surface area (TPSA) is 40.5 Å². The third-order valence-electron chi connectivity index (χ3n) is 6.51. The molecule has 0 aliphatic heterocycles. The zero-order valence-corrected chi connectivity index (χ0v) is 13.2. The van der Waals surface area contributed by atoms with Gasteiger partial charge in [-0.3, -0.25) is 10.5 Å². The van der Waals surface area contributed by atoms with Crippen LogP contribution in [-0.2, 0) is 0 Å². The van der Waals surface area contributed by atoms with Gasteiger partial charge in [0, 0.05) is 0 Å². The van der Waals surface area contributed by atoms with E-state index >= 15 is 0 Å². The van der Waals surface area contributed by atoms with Crippen molar-refractivity contribution < 1.29 is 10.5 Å². The van der Waals surface area contributed by atoms with E-state index in [1.165, 1.54) is 70.6 Å². The number of rotatable bonds is 1. The summed E-state index contributed by atoms with van der Waals surface area (Å²) >= 11 is 0. The molecular formula is C17H34O2. The molecule has 2 N–H and O–H groups in total. The van der Waals surface area contributed by atoms with Gasteiger partial charge in [0.05, 0.1) is 0 Å². The summed E-state index contributed by atoms with van der Waals surface area (Å²) in [6.07, 6.45) is 16.3. The molecule has 2 saturated carbocycles. The predicted molar refractivity (Wildman–Crippen MR) is 81.4 cm³/mol. The molecule has 0 amide bonds. The van der Waals surface area contributed by atoms with E-state index in [1.807, 2.05) is 0 Å². The first-order valence-electron chi connectivity index (χ1n) is 8.28. The van der Waals surface area contributed by atoms with Crippen LogP contribution in [0, 0.1) is 16.7 Å². The second-order valence-electron chi connectivity index (χ2n) is 7.39. The van der Waals surface area contributed by atoms with Crippen LogP contribution < -0.4 is 0 Å². The van der Waals surface area contributed by atoms with Gasteiger partial charge in [0.1, 0.15) is 0 Å². The molecule has 0 bridgehead atoms. The third kappa shape index (κ3) is 3.72. The van der Waals surface area contributed by atoms with Crippen molar-refractivity contribution in [1.82, 2.24) is 0 Å². The zero-order valence-electron chi connectivity index (χ0n) is 13.2. The van der Waals surface area contributed by atoms with Crippen LogP contribution in [0.3, 0.4) is 0 Å². The SMILES string of the molecule is CC1CCCCCC1(C)C1(C)CCCCCC1.OO. The second-order valence-corrected chi connectivity index (χ2v) is 7.39. The number of hydrogen-bond acceptors (Lipinski definition) is 2. The second kappa shape index (κ2) is 7.64. The van der Waals surface area contributed by atoms with Gasteiger partial charge in [0.2, 0.25) is 0 Å². The molecule has 2 unspecified atom stereocenters. The van der Waals surface area contributed by atoms with E-state index in [-0.39, 0.29) is 0 Å². The van der Waals surface area contributed by atoms with Gasteiger partial charge >= 0.3 is 0 Å². The Morgan fingerprint density at radius 2 is 1.21 bits per heavy atom. The predicted octanol–water partition coefficient (Wildman–Crippen LogP) is 5.97. The standard InChI is InChI=1S/C17H32.H2O2/c1-15-11-7-6-10-14-17(15,3)16(2)12-8-4-5-9-13-16;1-2/h15H,4-14H2,1-3H3;1-2H. The average molecular weight is 270 g/mol. The van der Waals surface area contributed by atoms with Crippen molar-refractivity contribution in [3.8, 4) is 0 Å². The molecule has 2 nitrogen and oxygen atoms in total. The van der Waals surface area contributed by atoms with Crippen LogP contribution in [-0.4, -0.2) is 10.5 Å². The monoisotopic (exact) mass is 270 g/mol. The Balaban J connectivity index is 0.000000861. The van der Waals surface area contributed by atoms with Crippen molar-refractivity contribution in [2.75, 3.05) is 0 Å². The lowest BCUT2D eigenvalue weighted by molar-refractivity contribution is -0.176.